The van der Waals surface area contributed by atoms with Crippen LogP contribution in [0.1, 0.15) is 51.4 Å². The third-order valence-corrected chi connectivity index (χ3v) is 19.9. The van der Waals surface area contributed by atoms with Crippen molar-refractivity contribution in [1.29, 1.82) is 0 Å². The van der Waals surface area contributed by atoms with Crippen molar-refractivity contribution in [3.63, 3.8) is 0 Å². The summed E-state index contributed by atoms with van der Waals surface area (Å²) in [6, 6.07) is 0. The first kappa shape index (κ1) is 18.2. The Hall–Kier alpha value is -0.126. The van der Waals surface area contributed by atoms with Gasteiger partial charge in [0, 0.05) is 0 Å². The number of fused-ring (bicyclic) bond motifs is 4. The minimum absolute atomic E-state index is 0.534. The second kappa shape index (κ2) is 5.69. The highest BCUT2D eigenvalue weighted by Gasteiger charge is 2.64. The number of rotatable bonds is 6. The summed E-state index contributed by atoms with van der Waals surface area (Å²) in [5.41, 5.74) is 0. The smallest absolute Gasteiger partial charge is 0.179 e. The zero-order valence-corrected chi connectivity index (χ0v) is 18.9. The van der Waals surface area contributed by atoms with Crippen molar-refractivity contribution in [3.05, 3.63) is 25.3 Å². The molecule has 4 fully saturated rings. The maximum absolute atomic E-state index is 7.43. The Morgan fingerprint density at radius 2 is 1.16 bits per heavy atom. The SMILES string of the molecule is C=CC1CC2([Si](C)(C)O[Si](C)(C)C34CCC(C3)C(C=C)C4)CCC1C2. The molecule has 6 atom stereocenters. The van der Waals surface area contributed by atoms with Crippen LogP contribution in [0.25, 0.3) is 0 Å². The number of hydrogen-bond donors (Lipinski definition) is 0. The molecular formula is C22H38OSi2. The van der Waals surface area contributed by atoms with E-state index in [-0.39, 0.29) is 0 Å². The Kier molecular flexibility index (Phi) is 4.15. The molecule has 25 heavy (non-hydrogen) atoms. The molecule has 0 heterocycles. The molecule has 0 radical (unpaired) electrons. The fourth-order valence-corrected chi connectivity index (χ4v) is 19.0. The van der Waals surface area contributed by atoms with Gasteiger partial charge in [-0.15, -0.1) is 13.2 Å². The third-order valence-electron chi connectivity index (χ3n) is 9.43. The van der Waals surface area contributed by atoms with Crippen LogP contribution in [0.2, 0.25) is 36.3 Å². The van der Waals surface area contributed by atoms with Crippen molar-refractivity contribution >= 4 is 16.6 Å². The number of allylic oxidation sites excluding steroid dienone is 2. The normalized spacial score (nSPS) is 45.9. The molecule has 4 aliphatic rings. The lowest BCUT2D eigenvalue weighted by Gasteiger charge is -2.51. The molecule has 0 aromatic heterocycles. The van der Waals surface area contributed by atoms with Crippen molar-refractivity contribution in [1.82, 2.24) is 0 Å². The van der Waals surface area contributed by atoms with E-state index < -0.39 is 16.6 Å². The van der Waals surface area contributed by atoms with Gasteiger partial charge in [-0.2, -0.15) is 0 Å². The summed E-state index contributed by atoms with van der Waals surface area (Å²) < 4.78 is 7.43. The van der Waals surface area contributed by atoms with Crippen LogP contribution in [0, 0.1) is 23.7 Å². The van der Waals surface area contributed by atoms with Crippen molar-refractivity contribution in [2.45, 2.75) is 87.6 Å². The van der Waals surface area contributed by atoms with Gasteiger partial charge in [0.1, 0.15) is 0 Å². The van der Waals surface area contributed by atoms with E-state index in [9.17, 15) is 0 Å². The van der Waals surface area contributed by atoms with Crippen molar-refractivity contribution < 1.29 is 4.12 Å². The van der Waals surface area contributed by atoms with Crippen LogP contribution >= 0.6 is 0 Å². The highest BCUT2D eigenvalue weighted by atomic mass is 28.4. The topological polar surface area (TPSA) is 9.23 Å². The van der Waals surface area contributed by atoms with E-state index in [0.717, 1.165) is 23.7 Å². The van der Waals surface area contributed by atoms with Crippen LogP contribution in [-0.2, 0) is 4.12 Å². The van der Waals surface area contributed by atoms with Gasteiger partial charge in [0.2, 0.25) is 0 Å². The minimum atomic E-state index is -1.73. The van der Waals surface area contributed by atoms with Crippen LogP contribution < -0.4 is 0 Å². The second-order valence-electron chi connectivity index (χ2n) is 10.9. The van der Waals surface area contributed by atoms with Gasteiger partial charge >= 0.3 is 0 Å². The average molecular weight is 375 g/mol. The lowest BCUT2D eigenvalue weighted by Crippen LogP contribution is -2.56. The fourth-order valence-electron chi connectivity index (χ4n) is 7.66. The molecule has 4 saturated carbocycles. The van der Waals surface area contributed by atoms with Crippen molar-refractivity contribution in [2.75, 3.05) is 0 Å². The maximum Gasteiger partial charge on any atom is 0.179 e. The molecule has 0 spiro atoms. The maximum atomic E-state index is 7.43. The van der Waals surface area contributed by atoms with Crippen molar-refractivity contribution in [2.24, 2.45) is 23.7 Å². The van der Waals surface area contributed by atoms with Crippen LogP contribution in [-0.4, -0.2) is 16.6 Å². The first-order chi connectivity index (χ1) is 11.7. The summed E-state index contributed by atoms with van der Waals surface area (Å²) in [6.07, 6.45) is 15.8. The van der Waals surface area contributed by atoms with Gasteiger partial charge < -0.3 is 4.12 Å². The summed E-state index contributed by atoms with van der Waals surface area (Å²) in [4.78, 5) is 0. The summed E-state index contributed by atoms with van der Waals surface area (Å²) in [5.74, 6) is 3.34. The minimum Gasteiger partial charge on any atom is -0.455 e. The second-order valence-corrected chi connectivity index (χ2v) is 19.9. The molecule has 4 bridgehead atoms. The molecule has 0 aromatic rings. The molecule has 0 saturated heterocycles. The zero-order valence-electron chi connectivity index (χ0n) is 16.9. The van der Waals surface area contributed by atoms with E-state index in [4.69, 9.17) is 4.12 Å². The average Bonchev–Trinajstić information content (AvgIpc) is 3.31. The quantitative estimate of drug-likeness (QED) is 0.362. The largest absolute Gasteiger partial charge is 0.455 e. The zero-order chi connectivity index (χ0) is 18.1. The molecule has 0 aliphatic heterocycles. The molecule has 0 amide bonds. The van der Waals surface area contributed by atoms with Crippen LogP contribution in [0.5, 0.6) is 0 Å². The van der Waals surface area contributed by atoms with Gasteiger partial charge in [-0.1, -0.05) is 12.2 Å². The van der Waals surface area contributed by atoms with Gasteiger partial charge in [-0.3, -0.25) is 0 Å². The highest BCUT2D eigenvalue weighted by Crippen LogP contribution is 2.70. The van der Waals surface area contributed by atoms with E-state index in [1.807, 2.05) is 0 Å². The van der Waals surface area contributed by atoms with Gasteiger partial charge in [0.05, 0.1) is 0 Å². The predicted molar refractivity (Wildman–Crippen MR) is 113 cm³/mol. The standard InChI is InChI=1S/C22H38OSi2/c1-7-17-13-21(11-9-19(17)15-21)24(3,4)23-25(5,6)22-12-10-20(16-22)18(8-2)14-22/h7-8,17-20H,1-2,9-16H2,3-6H3. The van der Waals surface area contributed by atoms with Gasteiger partial charge in [-0.25, -0.2) is 0 Å². The molecule has 0 aromatic carbocycles. The molecular weight excluding hydrogens is 336 g/mol. The highest BCUT2D eigenvalue weighted by molar-refractivity contribution is 6.87. The van der Waals surface area contributed by atoms with Crippen molar-refractivity contribution in [3.8, 4) is 0 Å². The van der Waals surface area contributed by atoms with Crippen LogP contribution in [0.3, 0.4) is 0 Å². The molecule has 140 valence electrons. The summed E-state index contributed by atoms with van der Waals surface area (Å²) >= 11 is 0. The van der Waals surface area contributed by atoms with E-state index in [1.165, 1.54) is 51.4 Å². The first-order valence-corrected chi connectivity index (χ1v) is 16.4. The van der Waals surface area contributed by atoms with E-state index in [1.54, 1.807) is 0 Å². The molecule has 4 rings (SSSR count). The fraction of sp³-hybridized carbons (Fsp3) is 0.818. The monoisotopic (exact) mass is 374 g/mol. The lowest BCUT2D eigenvalue weighted by molar-refractivity contribution is 0.349. The Morgan fingerprint density at radius 3 is 1.48 bits per heavy atom. The van der Waals surface area contributed by atoms with E-state index in [2.05, 4.69) is 51.5 Å². The molecule has 1 nitrogen and oxygen atoms in total. The predicted octanol–water partition coefficient (Wildman–Crippen LogP) is 6.91. The Bertz CT molecular complexity index is 533. The summed E-state index contributed by atoms with van der Waals surface area (Å²) in [5, 5.41) is 1.07. The van der Waals surface area contributed by atoms with Crippen LogP contribution in [0.15, 0.2) is 25.3 Å². The molecule has 6 unspecified atom stereocenters. The van der Waals surface area contributed by atoms with E-state index >= 15 is 0 Å². The Balaban J connectivity index is 1.56. The lowest BCUT2D eigenvalue weighted by atomic mass is 9.89. The third kappa shape index (κ3) is 2.48. The van der Waals surface area contributed by atoms with Gasteiger partial charge in [0.25, 0.3) is 0 Å². The Morgan fingerprint density at radius 1 is 0.760 bits per heavy atom. The number of hydrogen-bond acceptors (Lipinski definition) is 1. The van der Waals surface area contributed by atoms with Gasteiger partial charge in [-0.05, 0) is 111 Å². The summed E-state index contributed by atoms with van der Waals surface area (Å²) in [7, 11) is -3.46. The molecule has 4 aliphatic carbocycles. The molecule has 0 N–H and O–H groups in total. The van der Waals surface area contributed by atoms with Crippen LogP contribution in [0.4, 0.5) is 0 Å². The molecule has 3 heteroatoms. The van der Waals surface area contributed by atoms with E-state index in [0.29, 0.717) is 10.1 Å². The first-order valence-electron chi connectivity index (χ1n) is 10.6. The Labute approximate surface area is 157 Å². The summed E-state index contributed by atoms with van der Waals surface area (Å²) in [6.45, 7) is 18.5. The van der Waals surface area contributed by atoms with Gasteiger partial charge in [0.15, 0.2) is 16.6 Å².